The van der Waals surface area contributed by atoms with Crippen LogP contribution in [0.2, 0.25) is 0 Å². The average Bonchev–Trinajstić information content (AvgIpc) is 4.31. The van der Waals surface area contributed by atoms with Gasteiger partial charge in [-0.1, -0.05) is 36.0 Å². The van der Waals surface area contributed by atoms with Crippen LogP contribution in [0.15, 0.2) is 108 Å². The summed E-state index contributed by atoms with van der Waals surface area (Å²) in [6.07, 6.45) is 0. The standard InChI is InChI=1S/C47H47N15O9S8/c1-7-61(8-2)29-15-17-31(53-55-41-37-39(57-75-43(37)59-73-41)27-13-11-25(5)35(21-27)78(66,67)68)33(23-29)48-45-50-46(52-47(51-45)72-19-20-77(63,64)65)49-34-24-30(62(9-3)10-4)16-18-32(34)54-56-42-38-40(58-76-44(38)60-74-42)28-14-12-26(6)36(22-28)79(69,70)71/h11-18,21-24H,7-10,19-20H2,1-6H3,(H,63,64,65)(H,66,67,68)(H,69,70,71)(H2,48,49,50,51,52). The summed E-state index contributed by atoms with van der Waals surface area (Å²) in [5, 5.41) is 27.1. The summed E-state index contributed by atoms with van der Waals surface area (Å²) >= 11 is 5.31. The molecule has 5 N–H and O–H groups in total. The van der Waals surface area contributed by atoms with Gasteiger partial charge in [0.1, 0.15) is 11.4 Å². The second-order valence-corrected chi connectivity index (χ2v) is 25.5. The minimum Gasteiger partial charge on any atom is -0.372 e. The van der Waals surface area contributed by atoms with Crippen molar-refractivity contribution in [3.63, 3.8) is 0 Å². The number of benzene rings is 4. The number of aryl methyl sites for hydroxylation is 2. The lowest BCUT2D eigenvalue weighted by atomic mass is 10.1. The number of nitrogens with one attached hydrogen (secondary N) is 2. The first-order chi connectivity index (χ1) is 37.6. The van der Waals surface area contributed by atoms with Crippen LogP contribution in [-0.2, 0) is 30.4 Å². The van der Waals surface area contributed by atoms with Crippen LogP contribution < -0.4 is 20.4 Å². The third-order valence-corrected chi connectivity index (χ3v) is 19.1. The smallest absolute Gasteiger partial charge is 0.294 e. The molecule has 0 unspecified atom stereocenters. The number of aromatic nitrogens is 7. The molecule has 5 aromatic heterocycles. The van der Waals surface area contributed by atoms with E-state index in [1.165, 1.54) is 12.1 Å². The van der Waals surface area contributed by atoms with Crippen LogP contribution in [0.4, 0.5) is 56.0 Å². The molecular weight excluding hydrogens is 1180 g/mol. The summed E-state index contributed by atoms with van der Waals surface area (Å²) < 4.78 is 120. The lowest BCUT2D eigenvalue weighted by molar-refractivity contribution is 0.480. The second-order valence-electron chi connectivity index (χ2n) is 17.1. The van der Waals surface area contributed by atoms with E-state index in [9.17, 15) is 38.9 Å². The van der Waals surface area contributed by atoms with E-state index in [0.29, 0.717) is 113 Å². The fraction of sp³-hybridized carbons (Fsp3) is 0.255. The Kier molecular flexibility index (Phi) is 17.1. The Bertz CT molecular complexity index is 3930. The number of hydrogen-bond acceptors (Lipinski definition) is 26. The largest absolute Gasteiger partial charge is 0.372 e. The van der Waals surface area contributed by atoms with E-state index in [1.54, 1.807) is 50.2 Å². The van der Waals surface area contributed by atoms with Gasteiger partial charge in [0.05, 0.1) is 49.1 Å². The van der Waals surface area contributed by atoms with Gasteiger partial charge in [0, 0.05) is 54.4 Å². The zero-order valence-corrected chi connectivity index (χ0v) is 49.1. The first-order valence-electron chi connectivity index (χ1n) is 23.8. The fourth-order valence-corrected chi connectivity index (χ4v) is 14.5. The molecule has 0 atom stereocenters. The van der Waals surface area contributed by atoms with Gasteiger partial charge in [-0.2, -0.15) is 57.7 Å². The first kappa shape index (κ1) is 57.1. The van der Waals surface area contributed by atoms with Crippen LogP contribution in [-0.4, -0.2) is 109 Å². The molecule has 0 aliphatic rings. The van der Waals surface area contributed by atoms with Crippen molar-refractivity contribution in [2.75, 3.05) is 58.1 Å². The first-order valence-corrected chi connectivity index (χ1v) is 32.4. The Balaban J connectivity index is 1.10. The van der Waals surface area contributed by atoms with Crippen molar-refractivity contribution in [2.24, 2.45) is 20.5 Å². The van der Waals surface area contributed by atoms with Crippen molar-refractivity contribution < 1.29 is 38.9 Å². The van der Waals surface area contributed by atoms with Gasteiger partial charge in [0.15, 0.2) is 24.8 Å². The fourth-order valence-electron chi connectivity index (χ4n) is 8.12. The molecule has 9 rings (SSSR count). The third kappa shape index (κ3) is 13.0. The van der Waals surface area contributed by atoms with Crippen molar-refractivity contribution in [1.29, 1.82) is 0 Å². The molecule has 0 bridgehead atoms. The number of rotatable bonds is 22. The maximum Gasteiger partial charge on any atom is 0.294 e. The van der Waals surface area contributed by atoms with Crippen LogP contribution in [0.5, 0.6) is 0 Å². The molecule has 32 heteroatoms. The average molecular weight is 1220 g/mol. The van der Waals surface area contributed by atoms with Crippen LogP contribution in [0, 0.1) is 13.8 Å². The normalized spacial score (nSPS) is 12.4. The van der Waals surface area contributed by atoms with Gasteiger partial charge in [-0.15, -0.1) is 20.5 Å². The molecule has 24 nitrogen and oxygen atoms in total. The topological polar surface area (TPSA) is 333 Å². The number of nitrogens with zero attached hydrogens (tertiary/aromatic N) is 13. The number of thioether (sulfide) groups is 1. The van der Waals surface area contributed by atoms with Gasteiger partial charge < -0.3 is 20.4 Å². The Morgan fingerprint density at radius 1 is 0.544 bits per heavy atom. The van der Waals surface area contributed by atoms with Crippen molar-refractivity contribution in [2.45, 2.75) is 56.5 Å². The van der Waals surface area contributed by atoms with Crippen molar-refractivity contribution in [3.05, 3.63) is 83.9 Å². The van der Waals surface area contributed by atoms with Crippen LogP contribution in [0.1, 0.15) is 38.8 Å². The van der Waals surface area contributed by atoms with Crippen molar-refractivity contribution >= 4 is 165 Å². The minimum atomic E-state index is -4.53. The van der Waals surface area contributed by atoms with E-state index < -0.39 is 36.1 Å². The number of fused-ring (bicyclic) bond motifs is 2. The molecule has 4 aromatic carbocycles. The summed E-state index contributed by atoms with van der Waals surface area (Å²) in [6.45, 7) is 13.9. The maximum atomic E-state index is 12.2. The number of azo groups is 2. The Labute approximate surface area is 474 Å². The zero-order chi connectivity index (χ0) is 56.4. The molecule has 0 radical (unpaired) electrons. The molecule has 0 saturated heterocycles. The lowest BCUT2D eigenvalue weighted by Gasteiger charge is -2.22. The molecule has 412 valence electrons. The van der Waals surface area contributed by atoms with Crippen LogP contribution in [0.25, 0.3) is 42.9 Å². The van der Waals surface area contributed by atoms with E-state index in [-0.39, 0.29) is 32.6 Å². The highest BCUT2D eigenvalue weighted by atomic mass is 32.2. The van der Waals surface area contributed by atoms with Gasteiger partial charge in [0.25, 0.3) is 30.4 Å². The summed E-state index contributed by atoms with van der Waals surface area (Å²) in [4.78, 5) is 18.9. The highest BCUT2D eigenvalue weighted by Crippen LogP contribution is 2.45. The quantitative estimate of drug-likeness (QED) is 0.0239. The molecular formula is C47H47N15O9S8. The van der Waals surface area contributed by atoms with E-state index in [2.05, 4.69) is 68.4 Å². The molecule has 0 aliphatic carbocycles. The van der Waals surface area contributed by atoms with Gasteiger partial charge in [0.2, 0.25) is 11.9 Å². The summed E-state index contributed by atoms with van der Waals surface area (Å²) in [5.74, 6) is -0.670. The summed E-state index contributed by atoms with van der Waals surface area (Å²) in [7, 11) is -13.4. The Morgan fingerprint density at radius 3 is 1.37 bits per heavy atom. The molecule has 0 saturated carbocycles. The molecule has 0 amide bonds. The van der Waals surface area contributed by atoms with Crippen LogP contribution in [0.3, 0.4) is 0 Å². The Morgan fingerprint density at radius 2 is 0.975 bits per heavy atom. The Hall–Kier alpha value is -6.59. The third-order valence-electron chi connectivity index (χ3n) is 12.1. The van der Waals surface area contributed by atoms with E-state index in [0.717, 1.165) is 69.3 Å². The minimum absolute atomic E-state index is 0.0133. The van der Waals surface area contributed by atoms with E-state index >= 15 is 0 Å². The van der Waals surface area contributed by atoms with Gasteiger partial charge >= 0.3 is 0 Å². The molecule has 9 aromatic rings. The monoisotopic (exact) mass is 1220 g/mol. The maximum absolute atomic E-state index is 12.2. The highest BCUT2D eigenvalue weighted by molar-refractivity contribution is 8.00. The number of anilines is 6. The zero-order valence-electron chi connectivity index (χ0n) is 42.5. The molecule has 5 heterocycles. The highest BCUT2D eigenvalue weighted by Gasteiger charge is 2.24. The van der Waals surface area contributed by atoms with Crippen LogP contribution >= 0.6 is 57.9 Å². The second kappa shape index (κ2) is 23.6. The molecule has 0 aliphatic heterocycles. The predicted octanol–water partition coefficient (Wildman–Crippen LogP) is 12.4. The van der Waals surface area contributed by atoms with Gasteiger partial charge in [-0.3, -0.25) is 13.7 Å². The van der Waals surface area contributed by atoms with Gasteiger partial charge in [-0.25, -0.2) is 0 Å². The summed E-state index contributed by atoms with van der Waals surface area (Å²) in [5.41, 5.74) is 5.57. The van der Waals surface area contributed by atoms with Gasteiger partial charge in [-0.05, 0) is 147 Å². The lowest BCUT2D eigenvalue weighted by Crippen LogP contribution is -2.21. The molecule has 79 heavy (non-hydrogen) atoms. The molecule has 0 spiro atoms. The SMILES string of the molecule is CCN(CC)c1ccc(N=Nc2snc3snc(-c4ccc(C)c(S(=O)(=O)O)c4)c23)c(Nc2nc(Nc3cc(N(CC)CC)ccc3N=Nc3snc4snc(-c5ccc(C)c(S(=O)(=O)O)c5)c34)nc(SCCS(=O)(=O)O)n2)c1. The summed E-state index contributed by atoms with van der Waals surface area (Å²) in [6, 6.07) is 20.3. The number of hydrogen-bond donors (Lipinski definition) is 5. The van der Waals surface area contributed by atoms with Crippen molar-refractivity contribution in [3.8, 4) is 22.5 Å². The van der Waals surface area contributed by atoms with E-state index in [1.807, 2.05) is 52.0 Å². The van der Waals surface area contributed by atoms with Crippen molar-refractivity contribution in [1.82, 2.24) is 32.4 Å². The van der Waals surface area contributed by atoms with E-state index in [4.69, 9.17) is 4.98 Å². The molecule has 0 fully saturated rings. The predicted molar refractivity (Wildman–Crippen MR) is 312 cm³/mol.